The van der Waals surface area contributed by atoms with E-state index >= 15 is 0 Å². The van der Waals surface area contributed by atoms with E-state index in [9.17, 15) is 9.59 Å². The third-order valence-electron chi connectivity index (χ3n) is 4.87. The molecular weight excluding hydrogens is 346 g/mol. The summed E-state index contributed by atoms with van der Waals surface area (Å²) >= 11 is 1.37. The zero-order valence-electron chi connectivity index (χ0n) is 15.2. The maximum atomic E-state index is 12.8. The number of nitrogens with zero attached hydrogens (tertiary/aromatic N) is 1. The second-order valence-electron chi connectivity index (χ2n) is 7.04. The Balaban J connectivity index is 1.70. The minimum absolute atomic E-state index is 0.0346. The van der Waals surface area contributed by atoms with Gasteiger partial charge in [-0.2, -0.15) is 0 Å². The van der Waals surface area contributed by atoms with Gasteiger partial charge in [0.15, 0.2) is 0 Å². The molecule has 1 aromatic carbocycles. The first kappa shape index (κ1) is 18.6. The number of anilines is 1. The molecule has 3 rings (SSSR count). The van der Waals surface area contributed by atoms with Crippen molar-refractivity contribution in [3.63, 3.8) is 0 Å². The molecule has 1 aliphatic rings. The van der Waals surface area contributed by atoms with Gasteiger partial charge in [-0.05, 0) is 53.9 Å². The molecule has 5 nitrogen and oxygen atoms in total. The molecule has 1 fully saturated rings. The van der Waals surface area contributed by atoms with Crippen LogP contribution in [0.1, 0.15) is 52.5 Å². The smallest absolute Gasteiger partial charge is 0.256 e. The number of hydrogen-bond acceptors (Lipinski definition) is 4. The monoisotopic (exact) mass is 371 g/mol. The van der Waals surface area contributed by atoms with Crippen molar-refractivity contribution in [3.05, 3.63) is 52.4 Å². The SMILES string of the molecule is CC(C)c1ccc(C(=O)Nc2sccc2C(=O)N2CCC(CN)C2)cc1. The van der Waals surface area contributed by atoms with E-state index < -0.39 is 0 Å². The molecule has 6 heteroatoms. The normalized spacial score (nSPS) is 16.9. The lowest BCUT2D eigenvalue weighted by atomic mass is 10.0. The van der Waals surface area contributed by atoms with Crippen molar-refractivity contribution in [2.75, 3.05) is 25.0 Å². The van der Waals surface area contributed by atoms with Crippen LogP contribution in [0.25, 0.3) is 0 Å². The number of likely N-dealkylation sites (tertiary alicyclic amines) is 1. The summed E-state index contributed by atoms with van der Waals surface area (Å²) in [6.45, 7) is 6.25. The number of carbonyl (C=O) groups is 2. The van der Waals surface area contributed by atoms with Crippen molar-refractivity contribution in [1.82, 2.24) is 4.90 Å². The molecule has 0 bridgehead atoms. The number of benzene rings is 1. The van der Waals surface area contributed by atoms with Crippen LogP contribution in [0.3, 0.4) is 0 Å². The molecule has 1 aliphatic heterocycles. The predicted molar refractivity (Wildman–Crippen MR) is 106 cm³/mol. The molecule has 1 atom stereocenters. The van der Waals surface area contributed by atoms with Gasteiger partial charge in [-0.25, -0.2) is 0 Å². The van der Waals surface area contributed by atoms with E-state index in [0.29, 0.717) is 41.1 Å². The Bertz CT molecular complexity index is 783. The molecule has 2 aromatic rings. The summed E-state index contributed by atoms with van der Waals surface area (Å²) in [5.74, 6) is 0.562. The number of carbonyl (C=O) groups excluding carboxylic acids is 2. The average Bonchev–Trinajstić information content (AvgIpc) is 3.30. The first-order valence-electron chi connectivity index (χ1n) is 8.97. The van der Waals surface area contributed by atoms with Gasteiger partial charge in [-0.15, -0.1) is 11.3 Å². The first-order valence-corrected chi connectivity index (χ1v) is 9.85. The largest absolute Gasteiger partial charge is 0.338 e. The van der Waals surface area contributed by atoms with Gasteiger partial charge in [-0.1, -0.05) is 26.0 Å². The molecule has 0 spiro atoms. The molecule has 0 aliphatic carbocycles. The van der Waals surface area contributed by atoms with E-state index in [0.717, 1.165) is 13.0 Å². The van der Waals surface area contributed by atoms with Gasteiger partial charge < -0.3 is 16.0 Å². The fraction of sp³-hybridized carbons (Fsp3) is 0.400. The van der Waals surface area contributed by atoms with Gasteiger partial charge in [0.05, 0.1) is 5.56 Å². The van der Waals surface area contributed by atoms with Crippen LogP contribution in [0.15, 0.2) is 35.7 Å². The molecule has 0 radical (unpaired) electrons. The highest BCUT2D eigenvalue weighted by Gasteiger charge is 2.28. The highest BCUT2D eigenvalue weighted by Crippen LogP contribution is 2.27. The highest BCUT2D eigenvalue weighted by molar-refractivity contribution is 7.14. The van der Waals surface area contributed by atoms with E-state index in [-0.39, 0.29) is 11.8 Å². The standard InChI is InChI=1S/C20H25N3O2S/c1-13(2)15-3-5-16(6-4-15)18(24)22-19-17(8-10-26-19)20(25)23-9-7-14(11-21)12-23/h3-6,8,10,13-14H,7,9,11-12,21H2,1-2H3,(H,22,24). The molecule has 2 heterocycles. The summed E-state index contributed by atoms with van der Waals surface area (Å²) in [6.07, 6.45) is 0.941. The Morgan fingerprint density at radius 2 is 2.00 bits per heavy atom. The zero-order valence-corrected chi connectivity index (χ0v) is 16.0. The summed E-state index contributed by atoms with van der Waals surface area (Å²) in [5.41, 5.74) is 8.05. The second kappa shape index (κ2) is 8.01. The molecule has 1 aromatic heterocycles. The highest BCUT2D eigenvalue weighted by atomic mass is 32.1. The first-order chi connectivity index (χ1) is 12.5. The van der Waals surface area contributed by atoms with Crippen LogP contribution in [0.2, 0.25) is 0 Å². The minimum atomic E-state index is -0.196. The number of hydrogen-bond donors (Lipinski definition) is 2. The van der Waals surface area contributed by atoms with Crippen molar-refractivity contribution in [3.8, 4) is 0 Å². The molecule has 1 unspecified atom stereocenters. The molecule has 26 heavy (non-hydrogen) atoms. The number of thiophene rings is 1. The summed E-state index contributed by atoms with van der Waals surface area (Å²) in [7, 11) is 0. The Hall–Kier alpha value is -2.18. The predicted octanol–water partition coefficient (Wildman–Crippen LogP) is 3.54. The number of rotatable bonds is 5. The minimum Gasteiger partial charge on any atom is -0.338 e. The van der Waals surface area contributed by atoms with E-state index in [1.807, 2.05) is 34.5 Å². The van der Waals surface area contributed by atoms with Crippen LogP contribution in [-0.4, -0.2) is 36.3 Å². The van der Waals surface area contributed by atoms with Crippen molar-refractivity contribution < 1.29 is 9.59 Å². The average molecular weight is 372 g/mol. The van der Waals surface area contributed by atoms with Gasteiger partial charge >= 0.3 is 0 Å². The molecule has 1 saturated heterocycles. The van der Waals surface area contributed by atoms with E-state index in [1.54, 1.807) is 6.07 Å². The summed E-state index contributed by atoms with van der Waals surface area (Å²) in [4.78, 5) is 27.1. The van der Waals surface area contributed by atoms with Crippen molar-refractivity contribution in [2.24, 2.45) is 11.7 Å². The quantitative estimate of drug-likeness (QED) is 0.844. The number of nitrogens with two attached hydrogens (primary N) is 1. The van der Waals surface area contributed by atoms with E-state index in [2.05, 4.69) is 19.2 Å². The summed E-state index contributed by atoms with van der Waals surface area (Å²) in [6, 6.07) is 9.37. The Morgan fingerprint density at radius 3 is 2.62 bits per heavy atom. The van der Waals surface area contributed by atoms with Crippen LogP contribution in [0, 0.1) is 5.92 Å². The second-order valence-corrected chi connectivity index (χ2v) is 7.95. The Kier molecular flexibility index (Phi) is 5.74. The van der Waals surface area contributed by atoms with Gasteiger partial charge in [0.2, 0.25) is 0 Å². The zero-order chi connectivity index (χ0) is 18.7. The lowest BCUT2D eigenvalue weighted by Crippen LogP contribution is -2.30. The Morgan fingerprint density at radius 1 is 1.27 bits per heavy atom. The van der Waals surface area contributed by atoms with Gasteiger partial charge in [0, 0.05) is 18.7 Å². The molecule has 2 amide bonds. The fourth-order valence-corrected chi connectivity index (χ4v) is 3.92. The molecule has 3 N–H and O–H groups in total. The van der Waals surface area contributed by atoms with Crippen molar-refractivity contribution in [2.45, 2.75) is 26.2 Å². The lowest BCUT2D eigenvalue weighted by Gasteiger charge is -2.16. The van der Waals surface area contributed by atoms with E-state index in [4.69, 9.17) is 5.73 Å². The van der Waals surface area contributed by atoms with E-state index in [1.165, 1.54) is 16.9 Å². The molecular formula is C20H25N3O2S. The lowest BCUT2D eigenvalue weighted by molar-refractivity contribution is 0.0789. The molecule has 138 valence electrons. The summed E-state index contributed by atoms with van der Waals surface area (Å²) in [5, 5.41) is 5.33. The van der Waals surface area contributed by atoms with Crippen LogP contribution in [-0.2, 0) is 0 Å². The topological polar surface area (TPSA) is 75.4 Å². The van der Waals surface area contributed by atoms with Crippen LogP contribution in [0.4, 0.5) is 5.00 Å². The third kappa shape index (κ3) is 3.97. The van der Waals surface area contributed by atoms with Crippen LogP contribution < -0.4 is 11.1 Å². The van der Waals surface area contributed by atoms with Gasteiger partial charge in [0.25, 0.3) is 11.8 Å². The summed E-state index contributed by atoms with van der Waals surface area (Å²) < 4.78 is 0. The fourth-order valence-electron chi connectivity index (χ4n) is 3.15. The number of nitrogens with one attached hydrogen (secondary N) is 1. The van der Waals surface area contributed by atoms with Crippen LogP contribution in [0.5, 0.6) is 0 Å². The van der Waals surface area contributed by atoms with Crippen molar-refractivity contribution >= 4 is 28.2 Å². The number of amides is 2. The third-order valence-corrected chi connectivity index (χ3v) is 5.70. The Labute approximate surface area is 158 Å². The maximum Gasteiger partial charge on any atom is 0.256 e. The van der Waals surface area contributed by atoms with Gasteiger partial charge in [-0.3, -0.25) is 9.59 Å². The molecule has 0 saturated carbocycles. The maximum absolute atomic E-state index is 12.8. The van der Waals surface area contributed by atoms with Crippen molar-refractivity contribution in [1.29, 1.82) is 0 Å². The van der Waals surface area contributed by atoms with Gasteiger partial charge in [0.1, 0.15) is 5.00 Å². The van der Waals surface area contributed by atoms with Crippen LogP contribution >= 0.6 is 11.3 Å².